The summed E-state index contributed by atoms with van der Waals surface area (Å²) < 4.78 is 41.0. The van der Waals surface area contributed by atoms with Crippen molar-refractivity contribution in [3.63, 3.8) is 0 Å². The fourth-order valence-corrected chi connectivity index (χ4v) is 2.53. The average molecular weight is 282 g/mol. The zero-order chi connectivity index (χ0) is 14.7. The maximum absolute atomic E-state index is 13.2. The highest BCUT2D eigenvalue weighted by Crippen LogP contribution is 2.41. The van der Waals surface area contributed by atoms with Gasteiger partial charge < -0.3 is 5.73 Å². The number of allylic oxidation sites excluding steroid dienone is 1. The van der Waals surface area contributed by atoms with E-state index in [4.69, 9.17) is 5.73 Å². The molecule has 8 heteroatoms. The minimum Gasteiger partial charge on any atom is -0.366 e. The van der Waals surface area contributed by atoms with E-state index < -0.39 is 17.8 Å². The van der Waals surface area contributed by atoms with Crippen LogP contribution in [0, 0.1) is 0 Å². The van der Waals surface area contributed by atoms with Crippen LogP contribution in [0.15, 0.2) is 18.1 Å². The molecule has 0 aliphatic heterocycles. The number of primary amides is 1. The lowest BCUT2D eigenvalue weighted by molar-refractivity contribution is -0.141. The number of amides is 1. The molecule has 0 unspecified atom stereocenters. The third kappa shape index (κ3) is 1.60. The molecule has 0 radical (unpaired) electrons. The molecular weight excluding hydrogens is 273 g/mol. The second-order valence-corrected chi connectivity index (χ2v) is 4.60. The van der Waals surface area contributed by atoms with E-state index in [0.717, 1.165) is 0 Å². The van der Waals surface area contributed by atoms with Gasteiger partial charge in [0, 0.05) is 23.3 Å². The van der Waals surface area contributed by atoms with E-state index in [1.807, 2.05) is 0 Å². The van der Waals surface area contributed by atoms with Gasteiger partial charge in [-0.15, -0.1) is 0 Å². The third-order valence-corrected chi connectivity index (χ3v) is 3.29. The predicted molar refractivity (Wildman–Crippen MR) is 63.5 cm³/mol. The minimum absolute atomic E-state index is 0.0922. The van der Waals surface area contributed by atoms with Gasteiger partial charge in [-0.25, -0.2) is 9.97 Å². The molecule has 2 aromatic rings. The lowest BCUT2D eigenvalue weighted by atomic mass is 10.0. The molecule has 0 saturated carbocycles. The normalized spacial score (nSPS) is 15.0. The van der Waals surface area contributed by atoms with Crippen LogP contribution in [0.1, 0.15) is 23.9 Å². The first-order valence-corrected chi connectivity index (χ1v) is 5.72. The lowest BCUT2D eigenvalue weighted by Gasteiger charge is -2.14. The molecule has 2 heterocycles. The minimum atomic E-state index is -4.67. The van der Waals surface area contributed by atoms with Crippen molar-refractivity contribution in [2.45, 2.75) is 19.5 Å². The summed E-state index contributed by atoms with van der Waals surface area (Å²) in [7, 11) is 0. The van der Waals surface area contributed by atoms with Gasteiger partial charge in [-0.05, 0) is 6.92 Å². The maximum Gasteiger partial charge on any atom is 0.434 e. The molecule has 2 aromatic heterocycles. The Hall–Kier alpha value is -2.38. The molecule has 3 rings (SSSR count). The predicted octanol–water partition coefficient (Wildman–Crippen LogP) is 1.56. The second-order valence-electron chi connectivity index (χ2n) is 4.60. The highest BCUT2D eigenvalue weighted by Gasteiger charge is 2.41. The van der Waals surface area contributed by atoms with Gasteiger partial charge in [0.2, 0.25) is 5.91 Å². The number of hydrogen-bond donors (Lipinski definition) is 1. The summed E-state index contributed by atoms with van der Waals surface area (Å²) >= 11 is 0. The Morgan fingerprint density at radius 1 is 1.45 bits per heavy atom. The Labute approximate surface area is 110 Å². The van der Waals surface area contributed by atoms with Crippen molar-refractivity contribution in [3.8, 4) is 0 Å². The summed E-state index contributed by atoms with van der Waals surface area (Å²) in [5.74, 6) is -0.881. The van der Waals surface area contributed by atoms with Crippen molar-refractivity contribution in [1.29, 1.82) is 0 Å². The quantitative estimate of drug-likeness (QED) is 0.862. The van der Waals surface area contributed by atoms with E-state index in [9.17, 15) is 18.0 Å². The number of carbonyl (C=O) groups excluding carboxylic acids is 1. The second kappa shape index (κ2) is 3.81. The van der Waals surface area contributed by atoms with Crippen LogP contribution in [-0.2, 0) is 17.4 Å². The molecule has 5 nitrogen and oxygen atoms in total. The van der Waals surface area contributed by atoms with E-state index in [1.165, 1.54) is 16.9 Å². The molecule has 0 aromatic carbocycles. The molecule has 1 amide bonds. The number of hydrogen-bond acceptors (Lipinski definition) is 3. The highest BCUT2D eigenvalue weighted by molar-refractivity contribution is 6.21. The van der Waals surface area contributed by atoms with Crippen LogP contribution in [0.2, 0.25) is 0 Å². The summed E-state index contributed by atoms with van der Waals surface area (Å²) in [5.41, 5.74) is 4.73. The van der Waals surface area contributed by atoms with E-state index in [1.54, 1.807) is 6.92 Å². The molecule has 0 spiro atoms. The molecule has 1 aliphatic carbocycles. The first kappa shape index (κ1) is 12.6. The first-order valence-electron chi connectivity index (χ1n) is 5.72. The largest absolute Gasteiger partial charge is 0.434 e. The van der Waals surface area contributed by atoms with Gasteiger partial charge in [0.05, 0.1) is 6.20 Å². The Bertz CT molecular complexity index is 773. The fraction of sp³-hybridized carbons (Fsp3) is 0.250. The van der Waals surface area contributed by atoms with E-state index in [-0.39, 0.29) is 23.2 Å². The highest BCUT2D eigenvalue weighted by atomic mass is 19.4. The number of fused-ring (bicyclic) bond motifs is 3. The van der Waals surface area contributed by atoms with Gasteiger partial charge in [-0.1, -0.05) is 5.57 Å². The van der Waals surface area contributed by atoms with Crippen molar-refractivity contribution in [1.82, 2.24) is 14.4 Å². The van der Waals surface area contributed by atoms with Crippen molar-refractivity contribution >= 4 is 17.1 Å². The Balaban J connectivity index is 2.43. The van der Waals surface area contributed by atoms with Gasteiger partial charge in [0.25, 0.3) is 0 Å². The average Bonchev–Trinajstić information content (AvgIpc) is 2.88. The summed E-state index contributed by atoms with van der Waals surface area (Å²) in [4.78, 5) is 18.8. The number of carbonyl (C=O) groups is 1. The standard InChI is InChI=1S/C12H9F3N4O/c1-5-2-6-9(8(5)11(16)20)10(12(13,14)15)18-7-3-17-4-19(6)7/h3-4H,2H2,1H3,(H2,16,20). The number of nitrogens with zero attached hydrogens (tertiary/aromatic N) is 3. The number of rotatable bonds is 1. The summed E-state index contributed by atoms with van der Waals surface area (Å²) in [6, 6.07) is 0. The Morgan fingerprint density at radius 3 is 2.75 bits per heavy atom. The van der Waals surface area contributed by atoms with Crippen LogP contribution in [0.5, 0.6) is 0 Å². The molecule has 0 atom stereocenters. The van der Waals surface area contributed by atoms with E-state index >= 15 is 0 Å². The number of alkyl halides is 3. The van der Waals surface area contributed by atoms with Crippen molar-refractivity contribution < 1.29 is 18.0 Å². The zero-order valence-corrected chi connectivity index (χ0v) is 10.3. The van der Waals surface area contributed by atoms with E-state index in [0.29, 0.717) is 11.3 Å². The van der Waals surface area contributed by atoms with Crippen LogP contribution < -0.4 is 5.73 Å². The first-order chi connectivity index (χ1) is 9.30. The lowest BCUT2D eigenvalue weighted by Crippen LogP contribution is -2.19. The van der Waals surface area contributed by atoms with Gasteiger partial charge >= 0.3 is 6.18 Å². The zero-order valence-electron chi connectivity index (χ0n) is 10.3. The van der Waals surface area contributed by atoms with Crippen LogP contribution in [0.4, 0.5) is 13.2 Å². The van der Waals surface area contributed by atoms with Crippen molar-refractivity contribution in [3.05, 3.63) is 35.0 Å². The van der Waals surface area contributed by atoms with Gasteiger partial charge in [-0.3, -0.25) is 9.20 Å². The SMILES string of the molecule is CC1=C(C(N)=O)c2c(C(F)(F)F)nc3cncn3c2C1. The summed E-state index contributed by atoms with van der Waals surface area (Å²) in [6.45, 7) is 1.59. The topological polar surface area (TPSA) is 73.3 Å². The van der Waals surface area contributed by atoms with Gasteiger partial charge in [0.15, 0.2) is 11.3 Å². The maximum atomic E-state index is 13.2. The van der Waals surface area contributed by atoms with Crippen molar-refractivity contribution in [2.24, 2.45) is 5.73 Å². The van der Waals surface area contributed by atoms with E-state index in [2.05, 4.69) is 9.97 Å². The Kier molecular flexibility index (Phi) is 2.41. The summed E-state index contributed by atoms with van der Waals surface area (Å²) in [6.07, 6.45) is -1.83. The third-order valence-electron chi connectivity index (χ3n) is 3.29. The molecule has 0 bridgehead atoms. The Morgan fingerprint density at radius 2 is 2.15 bits per heavy atom. The summed E-state index contributed by atoms with van der Waals surface area (Å²) in [5, 5.41) is 0. The number of halogens is 3. The molecule has 1 aliphatic rings. The van der Waals surface area contributed by atoms with Gasteiger partial charge in [-0.2, -0.15) is 13.2 Å². The molecule has 20 heavy (non-hydrogen) atoms. The number of nitrogens with two attached hydrogens (primary N) is 1. The molecule has 0 fully saturated rings. The molecule has 2 N–H and O–H groups in total. The monoisotopic (exact) mass is 282 g/mol. The van der Waals surface area contributed by atoms with Crippen LogP contribution in [-0.4, -0.2) is 20.3 Å². The van der Waals surface area contributed by atoms with Crippen LogP contribution >= 0.6 is 0 Å². The van der Waals surface area contributed by atoms with Crippen LogP contribution in [0.25, 0.3) is 11.2 Å². The molecule has 0 saturated heterocycles. The molecular formula is C12H9F3N4O. The smallest absolute Gasteiger partial charge is 0.366 e. The fourth-order valence-electron chi connectivity index (χ4n) is 2.53. The van der Waals surface area contributed by atoms with Crippen LogP contribution in [0.3, 0.4) is 0 Å². The molecule has 104 valence electrons. The number of imidazole rings is 1. The number of aromatic nitrogens is 3. The van der Waals surface area contributed by atoms with Crippen molar-refractivity contribution in [2.75, 3.05) is 0 Å². The van der Waals surface area contributed by atoms with Gasteiger partial charge in [0.1, 0.15) is 6.33 Å².